The molecule has 0 aromatic heterocycles. The van der Waals surface area contributed by atoms with Gasteiger partial charge in [0.1, 0.15) is 12.1 Å². The molecule has 0 bridgehead atoms. The average molecular weight is 479 g/mol. The number of hydrogen-bond donors (Lipinski definition) is 2. The van der Waals surface area contributed by atoms with E-state index in [-0.39, 0.29) is 29.8 Å². The second-order valence-corrected chi connectivity index (χ2v) is 10.9. The topological polar surface area (TPSA) is 125 Å². The fourth-order valence-electron chi connectivity index (χ4n) is 4.80. The first-order valence-electron chi connectivity index (χ1n) is 11.3. The van der Waals surface area contributed by atoms with Crippen LogP contribution in [0.15, 0.2) is 23.1 Å². The van der Waals surface area contributed by atoms with E-state index >= 15 is 0 Å². The van der Waals surface area contributed by atoms with E-state index < -0.39 is 34.0 Å². The molecule has 2 aliphatic heterocycles. The Kier molecular flexibility index (Phi) is 6.47. The number of nitrogens with zero attached hydrogens (tertiary/aromatic N) is 2. The minimum Gasteiger partial charge on any atom is -0.379 e. The van der Waals surface area contributed by atoms with Crippen molar-refractivity contribution in [3.63, 3.8) is 0 Å². The quantitative estimate of drug-likeness (QED) is 0.617. The van der Waals surface area contributed by atoms with E-state index in [2.05, 4.69) is 10.6 Å². The van der Waals surface area contributed by atoms with Gasteiger partial charge in [-0.1, -0.05) is 25.8 Å². The molecule has 180 valence electrons. The highest BCUT2D eigenvalue weighted by atomic mass is 32.2. The average Bonchev–Trinajstić information content (AvgIpc) is 3.02. The number of sulfonamides is 1. The molecule has 2 atom stereocenters. The lowest BCUT2D eigenvalue weighted by Crippen LogP contribution is -2.54. The minimum atomic E-state index is -3.73. The number of carbonyl (C=O) groups is 3. The van der Waals surface area contributed by atoms with E-state index in [1.165, 1.54) is 16.4 Å². The van der Waals surface area contributed by atoms with Crippen LogP contribution in [0.5, 0.6) is 0 Å². The van der Waals surface area contributed by atoms with E-state index in [9.17, 15) is 22.8 Å². The Labute approximate surface area is 193 Å². The molecule has 3 aliphatic rings. The van der Waals surface area contributed by atoms with Gasteiger partial charge >= 0.3 is 6.03 Å². The monoisotopic (exact) mass is 478 g/mol. The van der Waals surface area contributed by atoms with E-state index in [1.807, 2.05) is 6.92 Å². The molecule has 1 aromatic carbocycles. The van der Waals surface area contributed by atoms with Crippen molar-refractivity contribution in [2.24, 2.45) is 5.92 Å². The lowest BCUT2D eigenvalue weighted by Gasteiger charge is -2.36. The molecular formula is C22H30N4O6S. The summed E-state index contributed by atoms with van der Waals surface area (Å²) in [6, 6.07) is 3.97. The summed E-state index contributed by atoms with van der Waals surface area (Å²) in [5.41, 5.74) is 0.0542. The van der Waals surface area contributed by atoms with Gasteiger partial charge in [0.15, 0.2) is 0 Å². The second kappa shape index (κ2) is 9.03. The van der Waals surface area contributed by atoms with Crippen LogP contribution in [-0.4, -0.2) is 73.9 Å². The maximum Gasteiger partial charge on any atom is 0.325 e. The second-order valence-electron chi connectivity index (χ2n) is 8.98. The molecule has 2 unspecified atom stereocenters. The maximum absolute atomic E-state index is 13.1. The number of morpholine rings is 1. The zero-order chi connectivity index (χ0) is 23.8. The Bertz CT molecular complexity index is 1070. The fraction of sp³-hybridized carbons (Fsp3) is 0.591. The SMILES string of the molecule is Cc1ccc(S(=O)(=O)N2CCOCC2)cc1NC(=O)CN1C(=O)NC2(CCCCC2C)C1=O. The zero-order valence-electron chi connectivity index (χ0n) is 18.9. The van der Waals surface area contributed by atoms with Crippen molar-refractivity contribution < 1.29 is 27.5 Å². The third-order valence-corrected chi connectivity index (χ3v) is 8.79. The summed E-state index contributed by atoms with van der Waals surface area (Å²) < 4.78 is 32.5. The Hall–Kier alpha value is -2.50. The van der Waals surface area contributed by atoms with E-state index in [0.29, 0.717) is 30.9 Å². The fourth-order valence-corrected chi connectivity index (χ4v) is 6.24. The Morgan fingerprint density at radius 1 is 1.24 bits per heavy atom. The van der Waals surface area contributed by atoms with Crippen LogP contribution >= 0.6 is 0 Å². The molecule has 10 nitrogen and oxygen atoms in total. The summed E-state index contributed by atoms with van der Waals surface area (Å²) >= 11 is 0. The van der Waals surface area contributed by atoms with Crippen LogP contribution in [0.2, 0.25) is 0 Å². The molecule has 1 spiro atoms. The Morgan fingerprint density at radius 3 is 2.67 bits per heavy atom. The first kappa shape index (κ1) is 23.7. The standard InChI is InChI=1S/C22H30N4O6S/c1-15-6-7-17(33(30,31)25-9-11-32-12-10-25)13-18(15)23-19(27)14-26-20(28)22(24-21(26)29)8-4-3-5-16(22)2/h6-7,13,16H,3-5,8-12,14H2,1-2H3,(H,23,27)(H,24,29). The number of carbonyl (C=O) groups excluding carboxylic acids is 3. The number of nitrogens with one attached hydrogen (secondary N) is 2. The summed E-state index contributed by atoms with van der Waals surface area (Å²) in [5.74, 6) is -0.932. The van der Waals surface area contributed by atoms with Crippen LogP contribution in [-0.2, 0) is 24.3 Å². The third kappa shape index (κ3) is 4.36. The highest BCUT2D eigenvalue weighted by Gasteiger charge is 2.55. The first-order valence-corrected chi connectivity index (χ1v) is 12.7. The van der Waals surface area contributed by atoms with Crippen molar-refractivity contribution in [2.45, 2.75) is 50.0 Å². The third-order valence-electron chi connectivity index (χ3n) is 6.89. The van der Waals surface area contributed by atoms with E-state index in [1.54, 1.807) is 13.0 Å². The van der Waals surface area contributed by atoms with Gasteiger partial charge in [0.2, 0.25) is 15.9 Å². The van der Waals surface area contributed by atoms with Crippen molar-refractivity contribution in [1.29, 1.82) is 0 Å². The van der Waals surface area contributed by atoms with Gasteiger partial charge in [-0.25, -0.2) is 13.2 Å². The zero-order valence-corrected chi connectivity index (χ0v) is 19.7. The predicted octanol–water partition coefficient (Wildman–Crippen LogP) is 1.46. The molecule has 1 aromatic rings. The van der Waals surface area contributed by atoms with Gasteiger partial charge in [-0.05, 0) is 43.4 Å². The van der Waals surface area contributed by atoms with Gasteiger partial charge < -0.3 is 15.4 Å². The molecule has 4 rings (SSSR count). The number of urea groups is 1. The van der Waals surface area contributed by atoms with Crippen LogP contribution in [0.25, 0.3) is 0 Å². The summed E-state index contributed by atoms with van der Waals surface area (Å²) in [5, 5.41) is 5.50. The van der Waals surface area contributed by atoms with Crippen LogP contribution < -0.4 is 10.6 Å². The van der Waals surface area contributed by atoms with Gasteiger partial charge in [0, 0.05) is 18.8 Å². The number of anilines is 1. The molecule has 2 N–H and O–H groups in total. The Morgan fingerprint density at radius 2 is 1.97 bits per heavy atom. The molecule has 1 aliphatic carbocycles. The van der Waals surface area contributed by atoms with Crippen molar-refractivity contribution in [3.8, 4) is 0 Å². The summed E-state index contributed by atoms with van der Waals surface area (Å²) in [4.78, 5) is 39.4. The molecule has 2 saturated heterocycles. The summed E-state index contributed by atoms with van der Waals surface area (Å²) in [7, 11) is -3.73. The van der Waals surface area contributed by atoms with Gasteiger partial charge in [-0.15, -0.1) is 0 Å². The molecule has 1 saturated carbocycles. The van der Waals surface area contributed by atoms with E-state index in [4.69, 9.17) is 4.74 Å². The molecule has 2 heterocycles. The van der Waals surface area contributed by atoms with Gasteiger partial charge in [-0.3, -0.25) is 14.5 Å². The molecule has 0 radical (unpaired) electrons. The molecular weight excluding hydrogens is 448 g/mol. The highest BCUT2D eigenvalue weighted by Crippen LogP contribution is 2.38. The molecule has 33 heavy (non-hydrogen) atoms. The number of ether oxygens (including phenoxy) is 1. The van der Waals surface area contributed by atoms with Crippen LogP contribution in [0.3, 0.4) is 0 Å². The highest BCUT2D eigenvalue weighted by molar-refractivity contribution is 7.89. The summed E-state index contributed by atoms with van der Waals surface area (Å²) in [6.45, 7) is 4.47. The van der Waals surface area contributed by atoms with Crippen molar-refractivity contribution in [1.82, 2.24) is 14.5 Å². The number of imide groups is 1. The van der Waals surface area contributed by atoms with Gasteiger partial charge in [-0.2, -0.15) is 4.31 Å². The number of hydrogen-bond acceptors (Lipinski definition) is 6. The first-order chi connectivity index (χ1) is 15.6. The molecule has 3 fully saturated rings. The van der Waals surface area contributed by atoms with Gasteiger partial charge in [0.25, 0.3) is 5.91 Å². The number of amides is 4. The van der Waals surface area contributed by atoms with Crippen LogP contribution in [0.4, 0.5) is 10.5 Å². The number of rotatable bonds is 5. The lowest BCUT2D eigenvalue weighted by molar-refractivity contribution is -0.136. The smallest absolute Gasteiger partial charge is 0.325 e. The van der Waals surface area contributed by atoms with Gasteiger partial charge in [0.05, 0.1) is 18.1 Å². The lowest BCUT2D eigenvalue weighted by atomic mass is 9.73. The maximum atomic E-state index is 13.1. The minimum absolute atomic E-state index is 0.0000751. The van der Waals surface area contributed by atoms with Crippen LogP contribution in [0, 0.1) is 12.8 Å². The number of benzene rings is 1. The van der Waals surface area contributed by atoms with Crippen molar-refractivity contribution in [2.75, 3.05) is 38.2 Å². The van der Waals surface area contributed by atoms with Crippen LogP contribution in [0.1, 0.15) is 38.2 Å². The Balaban J connectivity index is 1.48. The summed E-state index contributed by atoms with van der Waals surface area (Å²) in [6.07, 6.45) is 3.27. The predicted molar refractivity (Wildman–Crippen MR) is 120 cm³/mol. The molecule has 11 heteroatoms. The normalized spacial score (nSPS) is 26.5. The number of aryl methyl sites for hydroxylation is 1. The van der Waals surface area contributed by atoms with Crippen molar-refractivity contribution in [3.05, 3.63) is 23.8 Å². The van der Waals surface area contributed by atoms with Crippen molar-refractivity contribution >= 4 is 33.6 Å². The van der Waals surface area contributed by atoms with E-state index in [0.717, 1.165) is 24.2 Å². The largest absolute Gasteiger partial charge is 0.379 e. The molecule has 4 amide bonds.